The number of hydrogen-bond donors (Lipinski definition) is 2. The Labute approximate surface area is 91.3 Å². The molecule has 1 radical (unpaired) electrons. The van der Waals surface area contributed by atoms with Gasteiger partial charge in [0.05, 0.1) is 26.1 Å². The third kappa shape index (κ3) is 1.76. The smallest absolute Gasteiger partial charge is 0.280 e. The molecule has 0 unspecified atom stereocenters. The predicted octanol–water partition coefficient (Wildman–Crippen LogP) is -0.102. The van der Waals surface area contributed by atoms with Crippen molar-refractivity contribution in [3.8, 4) is 0 Å². The average molecular weight is 222 g/mol. The lowest BCUT2D eigenvalue weighted by molar-refractivity contribution is 0.138. The number of hydrogen-bond acceptors (Lipinski definition) is 5. The molecule has 0 amide bonds. The normalized spacial score (nSPS) is 13.1. The van der Waals surface area contributed by atoms with Gasteiger partial charge in [0.15, 0.2) is 11.2 Å². The highest BCUT2D eigenvalue weighted by molar-refractivity contribution is 5.70. The summed E-state index contributed by atoms with van der Waals surface area (Å²) in [6, 6.07) is 0. The van der Waals surface area contributed by atoms with Crippen LogP contribution in [0.2, 0.25) is 0 Å². The van der Waals surface area contributed by atoms with E-state index in [1.165, 1.54) is 6.33 Å². The van der Waals surface area contributed by atoms with Gasteiger partial charge in [-0.25, -0.2) is 4.98 Å². The standard InChI is InChI=1S/C9H12N5O2/c1-5(16-2)3-14-4-11-6-7(14)12-9(10)13-8(6)15/h4-5H,2-3H2,1H3,(H3,10,12,13,15)/t5-/m0/s1. The molecule has 0 fully saturated rings. The van der Waals surface area contributed by atoms with E-state index in [1.54, 1.807) is 4.57 Å². The minimum Gasteiger partial charge on any atom is -0.374 e. The van der Waals surface area contributed by atoms with E-state index in [0.717, 1.165) is 0 Å². The number of nitrogens with two attached hydrogens (primary N) is 1. The van der Waals surface area contributed by atoms with Crippen molar-refractivity contribution in [2.75, 3.05) is 5.73 Å². The molecular formula is C9H12N5O2. The van der Waals surface area contributed by atoms with Crippen LogP contribution in [0.1, 0.15) is 6.92 Å². The van der Waals surface area contributed by atoms with Crippen molar-refractivity contribution in [1.82, 2.24) is 19.5 Å². The van der Waals surface area contributed by atoms with Crippen LogP contribution in [0.3, 0.4) is 0 Å². The van der Waals surface area contributed by atoms with Crippen LogP contribution in [0.4, 0.5) is 5.95 Å². The highest BCUT2D eigenvalue weighted by atomic mass is 16.5. The van der Waals surface area contributed by atoms with Gasteiger partial charge in [0, 0.05) is 0 Å². The summed E-state index contributed by atoms with van der Waals surface area (Å²) in [4.78, 5) is 21.9. The van der Waals surface area contributed by atoms with Crippen LogP contribution in [0.25, 0.3) is 11.2 Å². The lowest BCUT2D eigenvalue weighted by Gasteiger charge is -2.09. The quantitative estimate of drug-likeness (QED) is 0.755. The molecule has 0 aliphatic rings. The number of anilines is 1. The van der Waals surface area contributed by atoms with Gasteiger partial charge in [0.2, 0.25) is 5.95 Å². The molecule has 0 aliphatic carbocycles. The van der Waals surface area contributed by atoms with Gasteiger partial charge in [0.25, 0.3) is 5.56 Å². The predicted molar refractivity (Wildman–Crippen MR) is 58.5 cm³/mol. The molecule has 2 aromatic heterocycles. The molecule has 16 heavy (non-hydrogen) atoms. The van der Waals surface area contributed by atoms with Crippen LogP contribution in [0, 0.1) is 7.11 Å². The van der Waals surface area contributed by atoms with Crippen molar-refractivity contribution in [2.24, 2.45) is 0 Å². The largest absolute Gasteiger partial charge is 0.374 e. The minimum absolute atomic E-state index is 0.0717. The molecule has 7 heteroatoms. The molecule has 85 valence electrons. The van der Waals surface area contributed by atoms with E-state index in [-0.39, 0.29) is 23.1 Å². The molecular weight excluding hydrogens is 210 g/mol. The van der Waals surface area contributed by atoms with Gasteiger partial charge in [-0.1, -0.05) is 0 Å². The molecule has 0 spiro atoms. The van der Waals surface area contributed by atoms with Gasteiger partial charge in [-0.05, 0) is 6.92 Å². The van der Waals surface area contributed by atoms with Crippen molar-refractivity contribution in [2.45, 2.75) is 19.6 Å². The van der Waals surface area contributed by atoms with Crippen molar-refractivity contribution in [3.05, 3.63) is 23.8 Å². The first-order valence-corrected chi connectivity index (χ1v) is 4.73. The number of imidazole rings is 1. The summed E-state index contributed by atoms with van der Waals surface area (Å²) in [6.45, 7) is 2.37. The summed E-state index contributed by atoms with van der Waals surface area (Å²) in [5.41, 5.74) is 5.84. The number of nitrogens with zero attached hydrogens (tertiary/aromatic N) is 3. The van der Waals surface area contributed by atoms with Crippen LogP contribution in [-0.4, -0.2) is 25.6 Å². The van der Waals surface area contributed by atoms with E-state index in [0.29, 0.717) is 12.2 Å². The Bertz CT molecular complexity index is 559. The Balaban J connectivity index is 2.51. The Kier molecular flexibility index (Phi) is 2.61. The summed E-state index contributed by atoms with van der Waals surface area (Å²) in [6.07, 6.45) is 1.43. The third-order valence-corrected chi connectivity index (χ3v) is 2.23. The van der Waals surface area contributed by atoms with Gasteiger partial charge >= 0.3 is 0 Å². The summed E-state index contributed by atoms with van der Waals surface area (Å²) >= 11 is 0. The van der Waals surface area contributed by atoms with Crippen molar-refractivity contribution >= 4 is 17.1 Å². The molecule has 0 aliphatic heterocycles. The molecule has 0 saturated heterocycles. The average Bonchev–Trinajstić information content (AvgIpc) is 2.61. The first-order chi connectivity index (χ1) is 7.61. The lowest BCUT2D eigenvalue weighted by Crippen LogP contribution is -2.16. The second-order valence-electron chi connectivity index (χ2n) is 3.50. The number of aromatic nitrogens is 4. The zero-order valence-corrected chi connectivity index (χ0v) is 8.80. The maximum absolute atomic E-state index is 11.5. The van der Waals surface area contributed by atoms with Crippen molar-refractivity contribution in [1.29, 1.82) is 0 Å². The van der Waals surface area contributed by atoms with E-state index >= 15 is 0 Å². The minimum atomic E-state index is -0.343. The summed E-state index contributed by atoms with van der Waals surface area (Å²) in [5.74, 6) is 0.0717. The van der Waals surface area contributed by atoms with Gasteiger partial charge in [-0.3, -0.25) is 9.78 Å². The van der Waals surface area contributed by atoms with Crippen LogP contribution in [0.15, 0.2) is 11.1 Å². The number of nitrogens with one attached hydrogen (secondary N) is 1. The molecule has 7 nitrogen and oxygen atoms in total. The molecule has 0 saturated carbocycles. The number of aromatic amines is 1. The molecule has 1 atom stereocenters. The van der Waals surface area contributed by atoms with E-state index in [2.05, 4.69) is 22.1 Å². The van der Waals surface area contributed by atoms with Gasteiger partial charge in [0.1, 0.15) is 0 Å². The SMILES string of the molecule is [CH2]O[C@@H](C)Cn1cnc2c(=O)[nH]c(N)nc21. The summed E-state index contributed by atoms with van der Waals surface area (Å²) in [7, 11) is 3.33. The lowest BCUT2D eigenvalue weighted by atomic mass is 10.4. The first kappa shape index (κ1) is 10.6. The van der Waals surface area contributed by atoms with Gasteiger partial charge in [-0.2, -0.15) is 4.98 Å². The number of fused-ring (bicyclic) bond motifs is 1. The highest BCUT2D eigenvalue weighted by Crippen LogP contribution is 2.07. The number of ether oxygens (including phenoxy) is 1. The maximum atomic E-state index is 11.5. The van der Waals surface area contributed by atoms with Gasteiger partial charge < -0.3 is 15.0 Å². The summed E-state index contributed by atoms with van der Waals surface area (Å²) < 4.78 is 6.59. The number of rotatable bonds is 3. The molecule has 0 aromatic carbocycles. The Morgan fingerprint density at radius 2 is 2.50 bits per heavy atom. The Hall–Kier alpha value is -1.89. The fourth-order valence-corrected chi connectivity index (χ4v) is 1.43. The van der Waals surface area contributed by atoms with E-state index in [4.69, 9.17) is 10.5 Å². The van der Waals surface area contributed by atoms with Crippen molar-refractivity contribution in [3.63, 3.8) is 0 Å². The highest BCUT2D eigenvalue weighted by Gasteiger charge is 2.10. The topological polar surface area (TPSA) is 98.8 Å². The Morgan fingerprint density at radius 3 is 3.19 bits per heavy atom. The molecule has 3 N–H and O–H groups in total. The number of nitrogen functional groups attached to an aromatic ring is 1. The second kappa shape index (κ2) is 3.93. The van der Waals surface area contributed by atoms with E-state index in [9.17, 15) is 4.79 Å². The first-order valence-electron chi connectivity index (χ1n) is 4.73. The number of H-pyrrole nitrogens is 1. The monoisotopic (exact) mass is 222 g/mol. The molecule has 2 heterocycles. The maximum Gasteiger partial charge on any atom is 0.280 e. The zero-order valence-electron chi connectivity index (χ0n) is 8.80. The molecule has 0 bridgehead atoms. The molecule has 2 aromatic rings. The van der Waals surface area contributed by atoms with Crippen molar-refractivity contribution < 1.29 is 4.74 Å². The van der Waals surface area contributed by atoms with Crippen LogP contribution in [0.5, 0.6) is 0 Å². The Morgan fingerprint density at radius 1 is 1.75 bits per heavy atom. The second-order valence-corrected chi connectivity index (χ2v) is 3.50. The zero-order chi connectivity index (χ0) is 11.7. The fourth-order valence-electron chi connectivity index (χ4n) is 1.43. The van der Waals surface area contributed by atoms with Crippen LogP contribution in [-0.2, 0) is 11.3 Å². The van der Waals surface area contributed by atoms with Crippen LogP contribution >= 0.6 is 0 Å². The van der Waals surface area contributed by atoms with E-state index in [1.807, 2.05) is 6.92 Å². The molecule has 2 rings (SSSR count). The third-order valence-electron chi connectivity index (χ3n) is 2.23. The van der Waals surface area contributed by atoms with E-state index < -0.39 is 0 Å². The summed E-state index contributed by atoms with van der Waals surface area (Å²) in [5, 5.41) is 0. The fraction of sp³-hybridized carbons (Fsp3) is 0.333. The van der Waals surface area contributed by atoms with Gasteiger partial charge in [-0.15, -0.1) is 0 Å². The van der Waals surface area contributed by atoms with Crippen LogP contribution < -0.4 is 11.3 Å².